The van der Waals surface area contributed by atoms with Crippen molar-refractivity contribution in [2.45, 2.75) is 23.9 Å². The fourth-order valence-corrected chi connectivity index (χ4v) is 4.00. The number of carbonyl (C=O) groups is 1. The molecule has 0 aliphatic rings. The number of amides is 1. The van der Waals surface area contributed by atoms with Gasteiger partial charge < -0.3 is 4.90 Å². The minimum Gasteiger partial charge on any atom is -0.348 e. The summed E-state index contributed by atoms with van der Waals surface area (Å²) in [4.78, 5) is 31.6. The van der Waals surface area contributed by atoms with Crippen LogP contribution in [0.15, 0.2) is 58.5 Å². The van der Waals surface area contributed by atoms with Crippen molar-refractivity contribution < 1.29 is 4.79 Å². The zero-order valence-corrected chi connectivity index (χ0v) is 16.9. The fourth-order valence-electron chi connectivity index (χ4n) is 2.75. The lowest BCUT2D eigenvalue weighted by molar-refractivity contribution is -0.127. The average molecular weight is 402 g/mol. The van der Waals surface area contributed by atoms with Crippen molar-refractivity contribution >= 4 is 40.2 Å². The van der Waals surface area contributed by atoms with Gasteiger partial charge in [-0.25, -0.2) is 4.98 Å². The Morgan fingerprint density at radius 3 is 2.56 bits per heavy atom. The number of benzene rings is 2. The van der Waals surface area contributed by atoms with E-state index in [0.717, 1.165) is 5.56 Å². The van der Waals surface area contributed by atoms with Gasteiger partial charge in [0.15, 0.2) is 5.16 Å². The van der Waals surface area contributed by atoms with E-state index in [1.54, 1.807) is 36.9 Å². The van der Waals surface area contributed by atoms with E-state index < -0.39 is 0 Å². The number of rotatable bonds is 5. The molecule has 0 saturated heterocycles. The number of thioether (sulfide) groups is 1. The maximum absolute atomic E-state index is 13.1. The molecule has 0 spiro atoms. The van der Waals surface area contributed by atoms with Crippen LogP contribution in [-0.2, 0) is 11.3 Å². The topological polar surface area (TPSA) is 55.2 Å². The summed E-state index contributed by atoms with van der Waals surface area (Å²) in [6.07, 6.45) is 0. The number of para-hydroxylation sites is 1. The van der Waals surface area contributed by atoms with Crippen molar-refractivity contribution in [2.24, 2.45) is 0 Å². The number of hydrogen-bond donors (Lipinski definition) is 0. The zero-order chi connectivity index (χ0) is 19.6. The molecule has 2 aromatic carbocycles. The van der Waals surface area contributed by atoms with Crippen LogP contribution in [0.4, 0.5) is 0 Å². The van der Waals surface area contributed by atoms with Crippen molar-refractivity contribution in [3.8, 4) is 0 Å². The predicted octanol–water partition coefficient (Wildman–Crippen LogP) is 3.67. The average Bonchev–Trinajstić information content (AvgIpc) is 2.65. The molecule has 1 heterocycles. The van der Waals surface area contributed by atoms with E-state index in [-0.39, 0.29) is 16.7 Å². The molecule has 1 amide bonds. The third kappa shape index (κ3) is 4.17. The predicted molar refractivity (Wildman–Crippen MR) is 111 cm³/mol. The molecule has 0 radical (unpaired) electrons. The minimum absolute atomic E-state index is 0.0355. The highest BCUT2D eigenvalue weighted by atomic mass is 35.5. The summed E-state index contributed by atoms with van der Waals surface area (Å²) in [5, 5.41) is 1.26. The summed E-state index contributed by atoms with van der Waals surface area (Å²) in [6, 6.07) is 14.6. The van der Waals surface area contributed by atoms with Crippen LogP contribution in [0.3, 0.4) is 0 Å². The molecule has 0 saturated carbocycles. The molecule has 3 rings (SSSR count). The van der Waals surface area contributed by atoms with Gasteiger partial charge in [0.25, 0.3) is 5.56 Å². The van der Waals surface area contributed by atoms with Crippen LogP contribution in [0.5, 0.6) is 0 Å². The molecule has 140 valence electrons. The van der Waals surface area contributed by atoms with Gasteiger partial charge in [0.05, 0.1) is 22.7 Å². The van der Waals surface area contributed by atoms with Crippen molar-refractivity contribution in [1.82, 2.24) is 14.5 Å². The van der Waals surface area contributed by atoms with Gasteiger partial charge in [0.2, 0.25) is 5.91 Å². The van der Waals surface area contributed by atoms with Crippen molar-refractivity contribution in [3.63, 3.8) is 0 Å². The van der Waals surface area contributed by atoms with Crippen molar-refractivity contribution in [2.75, 3.05) is 14.1 Å². The molecule has 3 aromatic rings. The smallest absolute Gasteiger partial charge is 0.262 e. The Morgan fingerprint density at radius 2 is 1.85 bits per heavy atom. The summed E-state index contributed by atoms with van der Waals surface area (Å²) in [5.74, 6) is -0.0355. The first kappa shape index (κ1) is 19.5. The molecule has 1 aromatic heterocycles. The van der Waals surface area contributed by atoms with Crippen molar-refractivity contribution in [1.29, 1.82) is 0 Å². The van der Waals surface area contributed by atoms with E-state index in [1.165, 1.54) is 16.7 Å². The minimum atomic E-state index is -0.370. The van der Waals surface area contributed by atoms with E-state index in [1.807, 2.05) is 37.3 Å². The monoisotopic (exact) mass is 401 g/mol. The second-order valence-corrected chi connectivity index (χ2v) is 8.10. The highest BCUT2D eigenvalue weighted by Crippen LogP contribution is 2.25. The number of carbonyl (C=O) groups excluding carboxylic acids is 1. The second-order valence-electron chi connectivity index (χ2n) is 6.39. The third-order valence-corrected chi connectivity index (χ3v) is 5.63. The van der Waals surface area contributed by atoms with E-state index in [2.05, 4.69) is 4.98 Å². The molecule has 5 nitrogen and oxygen atoms in total. The third-order valence-electron chi connectivity index (χ3n) is 4.18. The molecule has 0 aliphatic carbocycles. The standard InChI is InChI=1S/C20H20ClN3O2S/c1-13(18(25)23(2)3)27-20-22-17-11-7-5-9-15(17)19(26)24(20)12-14-8-4-6-10-16(14)21/h4-11,13H,12H2,1-3H3/t13-/m0/s1. The Labute approximate surface area is 167 Å². The van der Waals surface area contributed by atoms with Gasteiger partial charge >= 0.3 is 0 Å². The quantitative estimate of drug-likeness (QED) is 0.483. The first-order valence-corrected chi connectivity index (χ1v) is 9.75. The lowest BCUT2D eigenvalue weighted by atomic mass is 10.2. The lowest BCUT2D eigenvalue weighted by Crippen LogP contribution is -2.31. The van der Waals surface area contributed by atoms with Gasteiger partial charge in [-0.1, -0.05) is 53.7 Å². The molecule has 0 N–H and O–H groups in total. The Bertz CT molecular complexity index is 1050. The van der Waals surface area contributed by atoms with Crippen LogP contribution in [-0.4, -0.2) is 39.7 Å². The highest BCUT2D eigenvalue weighted by molar-refractivity contribution is 8.00. The van der Waals surface area contributed by atoms with Gasteiger partial charge in [0, 0.05) is 19.1 Å². The number of nitrogens with zero attached hydrogens (tertiary/aromatic N) is 3. The molecule has 7 heteroatoms. The summed E-state index contributed by atoms with van der Waals surface area (Å²) >= 11 is 7.57. The SMILES string of the molecule is C[C@H](Sc1nc2ccccc2c(=O)n1Cc1ccccc1Cl)C(=O)N(C)C. The van der Waals surface area contributed by atoms with Gasteiger partial charge in [-0.3, -0.25) is 14.2 Å². The summed E-state index contributed by atoms with van der Waals surface area (Å²) < 4.78 is 1.59. The van der Waals surface area contributed by atoms with Gasteiger partial charge in [-0.2, -0.15) is 0 Å². The van der Waals surface area contributed by atoms with E-state index in [9.17, 15) is 9.59 Å². The molecule has 0 fully saturated rings. The molecular weight excluding hydrogens is 382 g/mol. The van der Waals surface area contributed by atoms with Gasteiger partial charge in [0.1, 0.15) is 0 Å². The van der Waals surface area contributed by atoms with E-state index in [0.29, 0.717) is 27.6 Å². The second kappa shape index (κ2) is 8.15. The van der Waals surface area contributed by atoms with E-state index >= 15 is 0 Å². The van der Waals surface area contributed by atoms with E-state index in [4.69, 9.17) is 11.6 Å². The number of aromatic nitrogens is 2. The maximum Gasteiger partial charge on any atom is 0.262 e. The Balaban J connectivity index is 2.11. The van der Waals surface area contributed by atoms with Crippen LogP contribution < -0.4 is 5.56 Å². The molecule has 27 heavy (non-hydrogen) atoms. The summed E-state index contributed by atoms with van der Waals surface area (Å²) in [7, 11) is 3.42. The largest absolute Gasteiger partial charge is 0.348 e. The molecule has 0 bridgehead atoms. The Morgan fingerprint density at radius 1 is 1.19 bits per heavy atom. The fraction of sp³-hybridized carbons (Fsp3) is 0.250. The number of fused-ring (bicyclic) bond motifs is 1. The first-order valence-electron chi connectivity index (χ1n) is 8.49. The van der Waals surface area contributed by atoms with Crippen LogP contribution >= 0.6 is 23.4 Å². The van der Waals surface area contributed by atoms with Gasteiger partial charge in [-0.15, -0.1) is 0 Å². The Hall–Kier alpha value is -2.31. The first-order chi connectivity index (χ1) is 12.9. The van der Waals surface area contributed by atoms with Crippen molar-refractivity contribution in [3.05, 3.63) is 69.5 Å². The lowest BCUT2D eigenvalue weighted by Gasteiger charge is -2.19. The number of halogens is 1. The molecular formula is C20H20ClN3O2S. The van der Waals surface area contributed by atoms with Gasteiger partial charge in [-0.05, 0) is 30.7 Å². The highest BCUT2D eigenvalue weighted by Gasteiger charge is 2.21. The zero-order valence-electron chi connectivity index (χ0n) is 15.3. The normalized spacial score (nSPS) is 12.1. The van der Waals surface area contributed by atoms with Crippen LogP contribution in [0, 0.1) is 0 Å². The summed E-state index contributed by atoms with van der Waals surface area (Å²) in [5.41, 5.74) is 1.30. The Kier molecular flexibility index (Phi) is 5.87. The van der Waals surface area contributed by atoms with Crippen LogP contribution in [0.25, 0.3) is 10.9 Å². The molecule has 0 unspecified atom stereocenters. The maximum atomic E-state index is 13.1. The summed E-state index contributed by atoms with van der Waals surface area (Å²) in [6.45, 7) is 2.11. The van der Waals surface area contributed by atoms with Crippen LogP contribution in [0.2, 0.25) is 5.02 Å². The molecule has 0 aliphatic heterocycles. The number of hydrogen-bond acceptors (Lipinski definition) is 4. The molecule has 1 atom stereocenters. The van der Waals surface area contributed by atoms with Crippen LogP contribution in [0.1, 0.15) is 12.5 Å².